The molecule has 10 nitrogen and oxygen atoms in total. The van der Waals surface area contributed by atoms with Gasteiger partial charge in [-0.3, -0.25) is 5.32 Å². The molecule has 0 bridgehead atoms. The van der Waals surface area contributed by atoms with Crippen LogP contribution >= 0.6 is 0 Å². The van der Waals surface area contributed by atoms with Gasteiger partial charge in [-0.05, 0) is 45.2 Å². The highest BCUT2D eigenvalue weighted by Gasteiger charge is 2.61. The van der Waals surface area contributed by atoms with E-state index in [4.69, 9.17) is 13.9 Å². The van der Waals surface area contributed by atoms with Crippen molar-refractivity contribution in [3.63, 3.8) is 0 Å². The Morgan fingerprint density at radius 1 is 1.07 bits per heavy atom. The van der Waals surface area contributed by atoms with Crippen molar-refractivity contribution in [2.24, 2.45) is 0 Å². The third-order valence-electron chi connectivity index (χ3n) is 5.63. The van der Waals surface area contributed by atoms with Gasteiger partial charge in [0.05, 0.1) is 17.9 Å². The van der Waals surface area contributed by atoms with Crippen LogP contribution in [0, 0.1) is 0 Å². The maximum Gasteiger partial charge on any atom is 0.426 e. The fraction of sp³-hybridized carbons (Fsp3) is 0.370. The molecule has 1 aromatic carbocycles. The summed E-state index contributed by atoms with van der Waals surface area (Å²) in [5.74, 6) is -4.21. The first-order chi connectivity index (χ1) is 19.9. The number of hydrogen-bond acceptors (Lipinski definition) is 8. The minimum absolute atomic E-state index is 0.222. The van der Waals surface area contributed by atoms with E-state index in [1.54, 1.807) is 18.2 Å². The van der Waals surface area contributed by atoms with Gasteiger partial charge in [-0.1, -0.05) is 36.4 Å². The van der Waals surface area contributed by atoms with Crippen molar-refractivity contribution in [2.75, 3.05) is 5.32 Å². The van der Waals surface area contributed by atoms with Crippen LogP contribution in [0.5, 0.6) is 0 Å². The van der Waals surface area contributed by atoms with E-state index in [0.29, 0.717) is 5.56 Å². The van der Waals surface area contributed by atoms with Crippen LogP contribution in [0.4, 0.5) is 36.8 Å². The third-order valence-corrected chi connectivity index (χ3v) is 5.63. The molecule has 232 valence electrons. The lowest BCUT2D eigenvalue weighted by Crippen LogP contribution is -2.45. The SMILES string of the molecule is C=CCCC(OCc1ccccc1)(c1nnc(-c2nc(C(=O)O)c(C(F)(F)F)cc2NC(=O)OC(C)(C)C)o1)C(F)(F)F. The second kappa shape index (κ2) is 12.4. The fourth-order valence-electron chi connectivity index (χ4n) is 3.72. The molecule has 0 saturated carbocycles. The standard InChI is InChI=1S/C27H26F6N4O6/c1-5-6-12-25(27(31,32)33,41-14-15-10-8-7-9-11-15)22-37-36-20(42-22)19-17(34-23(40)43-24(2,3)4)13-16(26(28,29)30)18(35-19)21(38)39/h5,7-11,13H,1,6,12,14H2,2-4H3,(H,34,40)(H,38,39). The summed E-state index contributed by atoms with van der Waals surface area (Å²) >= 11 is 0. The van der Waals surface area contributed by atoms with E-state index < -0.39 is 83.1 Å². The number of ether oxygens (including phenoxy) is 2. The zero-order valence-corrected chi connectivity index (χ0v) is 23.0. The first-order valence-corrected chi connectivity index (χ1v) is 12.4. The lowest BCUT2D eigenvalue weighted by atomic mass is 9.96. The summed E-state index contributed by atoms with van der Waals surface area (Å²) in [6.45, 7) is 7.25. The number of alkyl halides is 6. The number of carbonyl (C=O) groups is 2. The summed E-state index contributed by atoms with van der Waals surface area (Å²) in [6.07, 6.45) is -11.5. The Morgan fingerprint density at radius 2 is 1.72 bits per heavy atom. The van der Waals surface area contributed by atoms with Gasteiger partial charge in [0.1, 0.15) is 5.60 Å². The Hall–Kier alpha value is -4.47. The normalized spacial score (nSPS) is 13.7. The van der Waals surface area contributed by atoms with Gasteiger partial charge < -0.3 is 19.0 Å². The number of aromatic carboxylic acids is 1. The molecule has 0 saturated heterocycles. The minimum atomic E-state index is -5.26. The number of pyridine rings is 1. The number of carbonyl (C=O) groups excluding carboxylic acids is 1. The fourth-order valence-corrected chi connectivity index (χ4v) is 3.72. The number of nitrogens with one attached hydrogen (secondary N) is 1. The predicted molar refractivity (Wildman–Crippen MR) is 138 cm³/mol. The van der Waals surface area contributed by atoms with E-state index in [0.717, 1.165) is 0 Å². The molecular formula is C27H26F6N4O6. The average molecular weight is 617 g/mol. The molecule has 0 spiro atoms. The number of amides is 1. The van der Waals surface area contributed by atoms with Crippen LogP contribution in [0.3, 0.4) is 0 Å². The van der Waals surface area contributed by atoms with Gasteiger partial charge in [0.15, 0.2) is 11.4 Å². The van der Waals surface area contributed by atoms with E-state index in [1.165, 1.54) is 39.0 Å². The molecule has 3 rings (SSSR count). The average Bonchev–Trinajstić information content (AvgIpc) is 3.37. The summed E-state index contributed by atoms with van der Waals surface area (Å²) < 4.78 is 101. The molecule has 1 amide bonds. The number of carboxylic acid groups (broad SMARTS) is 1. The number of aromatic nitrogens is 3. The van der Waals surface area contributed by atoms with Crippen molar-refractivity contribution in [1.29, 1.82) is 0 Å². The second-order valence-electron chi connectivity index (χ2n) is 10.0. The van der Waals surface area contributed by atoms with Crippen molar-refractivity contribution < 1.29 is 54.9 Å². The van der Waals surface area contributed by atoms with E-state index in [2.05, 4.69) is 21.8 Å². The molecule has 16 heteroatoms. The number of nitrogens with zero attached hydrogens (tertiary/aromatic N) is 3. The molecular weight excluding hydrogens is 590 g/mol. The molecule has 1 atom stereocenters. The first-order valence-electron chi connectivity index (χ1n) is 12.4. The van der Waals surface area contributed by atoms with Crippen molar-refractivity contribution >= 4 is 17.7 Å². The number of allylic oxidation sites excluding steroid dienone is 1. The van der Waals surface area contributed by atoms with Crippen LogP contribution in [0.25, 0.3) is 11.6 Å². The minimum Gasteiger partial charge on any atom is -0.476 e. The largest absolute Gasteiger partial charge is 0.476 e. The molecule has 0 aliphatic rings. The van der Waals surface area contributed by atoms with E-state index in [9.17, 15) is 41.0 Å². The number of rotatable bonds is 10. The highest BCUT2D eigenvalue weighted by Crippen LogP contribution is 2.47. The summed E-state index contributed by atoms with van der Waals surface area (Å²) in [6, 6.07) is 8.06. The van der Waals surface area contributed by atoms with E-state index >= 15 is 0 Å². The third kappa shape index (κ3) is 7.88. The topological polar surface area (TPSA) is 137 Å². The molecule has 0 radical (unpaired) electrons. The van der Waals surface area contributed by atoms with Gasteiger partial charge in [0, 0.05) is 0 Å². The van der Waals surface area contributed by atoms with Crippen molar-refractivity contribution in [2.45, 2.75) is 63.8 Å². The van der Waals surface area contributed by atoms with Crippen molar-refractivity contribution in [3.05, 3.63) is 71.8 Å². The first kappa shape index (κ1) is 33.0. The van der Waals surface area contributed by atoms with Gasteiger partial charge in [0.2, 0.25) is 5.60 Å². The summed E-state index contributed by atoms with van der Waals surface area (Å²) in [7, 11) is 0. The van der Waals surface area contributed by atoms with Gasteiger partial charge in [-0.2, -0.15) is 26.3 Å². The van der Waals surface area contributed by atoms with Gasteiger partial charge in [-0.25, -0.2) is 14.6 Å². The number of anilines is 1. The molecule has 0 fully saturated rings. The number of halogens is 6. The predicted octanol–water partition coefficient (Wildman–Crippen LogP) is 7.14. The van der Waals surface area contributed by atoms with Crippen LogP contribution in [-0.2, 0) is 27.9 Å². The maximum atomic E-state index is 14.7. The molecule has 0 aliphatic heterocycles. The molecule has 3 aromatic rings. The highest BCUT2D eigenvalue weighted by molar-refractivity contribution is 5.93. The molecule has 2 N–H and O–H groups in total. The lowest BCUT2D eigenvalue weighted by Gasteiger charge is -2.32. The number of benzene rings is 1. The zero-order valence-electron chi connectivity index (χ0n) is 23.0. The Morgan fingerprint density at radius 3 is 2.26 bits per heavy atom. The Bertz CT molecular complexity index is 1470. The molecule has 2 aromatic heterocycles. The number of hydrogen-bond donors (Lipinski definition) is 2. The molecule has 0 aliphatic carbocycles. The summed E-state index contributed by atoms with van der Waals surface area (Å²) in [4.78, 5) is 27.6. The van der Waals surface area contributed by atoms with Crippen LogP contribution < -0.4 is 5.32 Å². The van der Waals surface area contributed by atoms with Crippen molar-refractivity contribution in [3.8, 4) is 11.6 Å². The van der Waals surface area contributed by atoms with Gasteiger partial charge in [0.25, 0.3) is 11.8 Å². The van der Waals surface area contributed by atoms with Crippen LogP contribution in [0.15, 0.2) is 53.5 Å². The van der Waals surface area contributed by atoms with Crippen LogP contribution in [0.1, 0.15) is 61.1 Å². The molecule has 1 unspecified atom stereocenters. The Balaban J connectivity index is 2.21. The second-order valence-corrected chi connectivity index (χ2v) is 10.0. The Labute approximate surface area is 240 Å². The zero-order chi connectivity index (χ0) is 32.2. The highest BCUT2D eigenvalue weighted by atomic mass is 19.4. The lowest BCUT2D eigenvalue weighted by molar-refractivity contribution is -0.299. The molecule has 2 heterocycles. The van der Waals surface area contributed by atoms with E-state index in [-0.39, 0.29) is 12.5 Å². The van der Waals surface area contributed by atoms with E-state index in [1.807, 2.05) is 5.32 Å². The summed E-state index contributed by atoms with van der Waals surface area (Å²) in [5, 5.41) is 18.4. The van der Waals surface area contributed by atoms with Crippen LogP contribution in [0.2, 0.25) is 0 Å². The monoisotopic (exact) mass is 616 g/mol. The number of carboxylic acids is 1. The quantitative estimate of drug-likeness (QED) is 0.180. The Kier molecular flexibility index (Phi) is 9.53. The smallest absolute Gasteiger partial charge is 0.426 e. The van der Waals surface area contributed by atoms with Gasteiger partial charge >= 0.3 is 24.4 Å². The van der Waals surface area contributed by atoms with Gasteiger partial charge in [-0.15, -0.1) is 16.8 Å². The maximum absolute atomic E-state index is 14.7. The van der Waals surface area contributed by atoms with Crippen LogP contribution in [-0.4, -0.2) is 44.1 Å². The van der Waals surface area contributed by atoms with Crippen molar-refractivity contribution in [1.82, 2.24) is 15.2 Å². The summed E-state index contributed by atoms with van der Waals surface area (Å²) in [5.41, 5.74) is -8.95. The molecule has 43 heavy (non-hydrogen) atoms.